The molecule has 3 aromatic carbocycles. The highest BCUT2D eigenvalue weighted by molar-refractivity contribution is 7.98. The van der Waals surface area contributed by atoms with Crippen LogP contribution in [0.3, 0.4) is 0 Å². The van der Waals surface area contributed by atoms with Crippen molar-refractivity contribution in [3.8, 4) is 0 Å². The molecule has 0 unspecified atom stereocenters. The number of nitrogens with zero attached hydrogens (tertiary/aromatic N) is 3. The largest absolute Gasteiger partial charge is 0.328 e. The Balaban J connectivity index is 1.48. The molecular formula is C27H24FN5OS. The van der Waals surface area contributed by atoms with Gasteiger partial charge in [-0.3, -0.25) is 4.79 Å². The van der Waals surface area contributed by atoms with E-state index in [-0.39, 0.29) is 11.7 Å². The Hall–Kier alpha value is -3.91. The van der Waals surface area contributed by atoms with Crippen LogP contribution in [0.25, 0.3) is 0 Å². The van der Waals surface area contributed by atoms with Gasteiger partial charge in [-0.25, -0.2) is 9.07 Å². The third-order valence-corrected chi connectivity index (χ3v) is 6.65. The van der Waals surface area contributed by atoms with E-state index >= 15 is 0 Å². The van der Waals surface area contributed by atoms with Gasteiger partial charge in [0.15, 0.2) is 0 Å². The Morgan fingerprint density at radius 2 is 1.83 bits per heavy atom. The molecule has 176 valence electrons. The molecule has 2 N–H and O–H groups in total. The molecule has 0 aliphatic carbocycles. The van der Waals surface area contributed by atoms with Crippen LogP contribution in [0.5, 0.6) is 0 Å². The molecule has 0 spiro atoms. The maximum absolute atomic E-state index is 13.7. The van der Waals surface area contributed by atoms with E-state index in [1.807, 2.05) is 43.3 Å². The normalized spacial score (nSPS) is 14.9. The summed E-state index contributed by atoms with van der Waals surface area (Å²) in [7, 11) is 0. The number of nitrogens with one attached hydrogen (secondary N) is 2. The maximum Gasteiger partial charge on any atom is 0.255 e. The van der Waals surface area contributed by atoms with E-state index in [9.17, 15) is 9.18 Å². The molecule has 1 aliphatic rings. The second kappa shape index (κ2) is 9.76. The van der Waals surface area contributed by atoms with Crippen LogP contribution in [0.1, 0.15) is 29.7 Å². The van der Waals surface area contributed by atoms with Crippen molar-refractivity contribution in [2.24, 2.45) is 0 Å². The van der Waals surface area contributed by atoms with Gasteiger partial charge in [-0.15, -0.1) is 5.10 Å². The number of carbonyl (C=O) groups is 1. The first kappa shape index (κ1) is 22.9. The fraction of sp³-hybridized carbons (Fsp3) is 0.148. The number of aromatic nitrogens is 3. The van der Waals surface area contributed by atoms with Crippen LogP contribution in [-0.2, 0) is 10.5 Å². The number of benzene rings is 3. The molecule has 1 aromatic heterocycles. The van der Waals surface area contributed by atoms with Gasteiger partial charge in [-0.1, -0.05) is 71.9 Å². The van der Waals surface area contributed by atoms with Gasteiger partial charge in [0.25, 0.3) is 5.91 Å². The van der Waals surface area contributed by atoms with Crippen LogP contribution in [0.15, 0.2) is 95.3 Å². The van der Waals surface area contributed by atoms with Crippen molar-refractivity contribution >= 4 is 29.3 Å². The molecule has 1 amide bonds. The van der Waals surface area contributed by atoms with Crippen molar-refractivity contribution in [1.29, 1.82) is 0 Å². The van der Waals surface area contributed by atoms with Gasteiger partial charge in [0.2, 0.25) is 11.1 Å². The fourth-order valence-corrected chi connectivity index (χ4v) is 4.88. The summed E-state index contributed by atoms with van der Waals surface area (Å²) in [6.07, 6.45) is 0. The van der Waals surface area contributed by atoms with E-state index in [1.54, 1.807) is 16.8 Å². The monoisotopic (exact) mass is 485 g/mol. The van der Waals surface area contributed by atoms with Crippen LogP contribution in [-0.4, -0.2) is 20.7 Å². The van der Waals surface area contributed by atoms with Crippen LogP contribution in [0.4, 0.5) is 16.0 Å². The summed E-state index contributed by atoms with van der Waals surface area (Å²) in [5.41, 5.74) is 4.98. The number of aryl methyl sites for hydroxylation is 1. The molecule has 8 heteroatoms. The highest BCUT2D eigenvalue weighted by Gasteiger charge is 2.34. The van der Waals surface area contributed by atoms with Gasteiger partial charge < -0.3 is 10.6 Å². The minimum Gasteiger partial charge on any atom is -0.328 e. The molecule has 0 saturated carbocycles. The first-order valence-electron chi connectivity index (χ1n) is 11.2. The summed E-state index contributed by atoms with van der Waals surface area (Å²) >= 11 is 1.53. The Morgan fingerprint density at radius 1 is 1.06 bits per heavy atom. The number of fused-ring (bicyclic) bond motifs is 1. The molecule has 1 aliphatic heterocycles. The summed E-state index contributed by atoms with van der Waals surface area (Å²) in [5, 5.41) is 11.5. The van der Waals surface area contributed by atoms with Gasteiger partial charge in [0.05, 0.1) is 5.57 Å². The number of para-hydroxylation sites is 1. The van der Waals surface area contributed by atoms with Gasteiger partial charge >= 0.3 is 0 Å². The summed E-state index contributed by atoms with van der Waals surface area (Å²) < 4.78 is 15.4. The molecule has 0 saturated heterocycles. The van der Waals surface area contributed by atoms with Crippen LogP contribution in [0, 0.1) is 12.7 Å². The molecule has 35 heavy (non-hydrogen) atoms. The molecular weight excluding hydrogens is 461 g/mol. The third kappa shape index (κ3) is 4.97. The van der Waals surface area contributed by atoms with E-state index in [2.05, 4.69) is 40.7 Å². The zero-order valence-corrected chi connectivity index (χ0v) is 20.1. The zero-order valence-electron chi connectivity index (χ0n) is 19.3. The molecule has 0 bridgehead atoms. The highest BCUT2D eigenvalue weighted by Crippen LogP contribution is 2.37. The van der Waals surface area contributed by atoms with E-state index in [0.717, 1.165) is 11.3 Å². The fourth-order valence-electron chi connectivity index (χ4n) is 4.11. The molecule has 0 fully saturated rings. The maximum atomic E-state index is 13.7. The lowest BCUT2D eigenvalue weighted by Gasteiger charge is -2.28. The quantitative estimate of drug-likeness (QED) is 0.331. The summed E-state index contributed by atoms with van der Waals surface area (Å²) in [6, 6.07) is 23.2. The predicted octanol–water partition coefficient (Wildman–Crippen LogP) is 5.95. The molecule has 1 atom stereocenters. The number of rotatable bonds is 6. The standard InChI is InChI=1S/C27H24FN5OS/c1-17-7-6-8-19(15-17)16-35-27-31-26-29-18(2)23(25(34)30-22-9-4-3-5-10-22)24(33(26)32-27)20-11-13-21(28)14-12-20/h3-15,24H,16H2,1-2H3,(H,30,34)(H,29,31,32)/t24-/m1/s1. The number of hydrogen-bond acceptors (Lipinski definition) is 5. The minimum absolute atomic E-state index is 0.259. The average molecular weight is 486 g/mol. The average Bonchev–Trinajstić information content (AvgIpc) is 3.25. The predicted molar refractivity (Wildman–Crippen MR) is 137 cm³/mol. The number of anilines is 2. The Morgan fingerprint density at radius 3 is 2.57 bits per heavy atom. The lowest BCUT2D eigenvalue weighted by molar-refractivity contribution is -0.113. The van der Waals surface area contributed by atoms with Gasteiger partial charge in [0, 0.05) is 17.1 Å². The molecule has 0 radical (unpaired) electrons. The molecule has 4 aromatic rings. The van der Waals surface area contributed by atoms with Crippen molar-refractivity contribution in [2.75, 3.05) is 10.6 Å². The Labute approximate surface area is 207 Å². The highest BCUT2D eigenvalue weighted by atomic mass is 32.2. The molecule has 5 rings (SSSR count). The first-order chi connectivity index (χ1) is 17.0. The number of amides is 1. The van der Waals surface area contributed by atoms with Crippen molar-refractivity contribution < 1.29 is 9.18 Å². The van der Waals surface area contributed by atoms with Crippen LogP contribution < -0.4 is 10.6 Å². The van der Waals surface area contributed by atoms with Gasteiger partial charge in [-0.2, -0.15) is 4.98 Å². The number of hydrogen-bond donors (Lipinski definition) is 2. The first-order valence-corrected chi connectivity index (χ1v) is 12.2. The van der Waals surface area contributed by atoms with Crippen molar-refractivity contribution in [2.45, 2.75) is 30.8 Å². The Kier molecular flexibility index (Phi) is 6.37. The second-order valence-corrected chi connectivity index (χ2v) is 9.32. The van der Waals surface area contributed by atoms with E-state index < -0.39 is 6.04 Å². The lowest BCUT2D eigenvalue weighted by Crippen LogP contribution is -2.31. The molecule has 2 heterocycles. The van der Waals surface area contributed by atoms with Crippen LogP contribution >= 0.6 is 11.8 Å². The van der Waals surface area contributed by atoms with Gasteiger partial charge in [-0.05, 0) is 49.2 Å². The Bertz CT molecular complexity index is 1400. The number of carbonyl (C=O) groups excluding carboxylic acids is 1. The number of thioether (sulfide) groups is 1. The topological polar surface area (TPSA) is 71.8 Å². The van der Waals surface area contributed by atoms with Crippen molar-refractivity contribution in [3.05, 3.63) is 113 Å². The van der Waals surface area contributed by atoms with Gasteiger partial charge in [0.1, 0.15) is 11.9 Å². The van der Waals surface area contributed by atoms with E-state index in [0.29, 0.717) is 28.1 Å². The number of allylic oxidation sites excluding steroid dienone is 1. The summed E-state index contributed by atoms with van der Waals surface area (Å²) in [4.78, 5) is 18.1. The van der Waals surface area contributed by atoms with Crippen molar-refractivity contribution in [3.63, 3.8) is 0 Å². The zero-order chi connectivity index (χ0) is 24.4. The molecule has 6 nitrogen and oxygen atoms in total. The van der Waals surface area contributed by atoms with Crippen molar-refractivity contribution in [1.82, 2.24) is 14.8 Å². The van der Waals surface area contributed by atoms with E-state index in [4.69, 9.17) is 5.10 Å². The second-order valence-electron chi connectivity index (χ2n) is 8.38. The summed E-state index contributed by atoms with van der Waals surface area (Å²) in [6.45, 7) is 3.91. The third-order valence-electron chi connectivity index (χ3n) is 5.75. The SMILES string of the molecule is CC1=C(C(=O)Nc2ccccc2)[C@@H](c2ccc(F)cc2)n2nc(SCc3cccc(C)c3)nc2N1. The van der Waals surface area contributed by atoms with Crippen LogP contribution in [0.2, 0.25) is 0 Å². The lowest BCUT2D eigenvalue weighted by atomic mass is 9.95. The summed E-state index contributed by atoms with van der Waals surface area (Å²) in [5.74, 6) is 0.664. The number of halogens is 1. The van der Waals surface area contributed by atoms with E-state index in [1.165, 1.54) is 35.0 Å². The smallest absolute Gasteiger partial charge is 0.255 e. The minimum atomic E-state index is -0.559.